The molecule has 1 saturated heterocycles. The zero-order chi connectivity index (χ0) is 17.2. The van der Waals surface area contributed by atoms with Crippen LogP contribution in [0.3, 0.4) is 0 Å². The first kappa shape index (κ1) is 16.6. The van der Waals surface area contributed by atoms with E-state index in [1.165, 1.54) is 11.1 Å². The van der Waals surface area contributed by atoms with Crippen molar-refractivity contribution < 1.29 is 4.79 Å². The predicted molar refractivity (Wildman–Crippen MR) is 101 cm³/mol. The van der Waals surface area contributed by atoms with Crippen molar-refractivity contribution in [3.05, 3.63) is 70.2 Å². The number of hydrogen-bond donors (Lipinski definition) is 0. The fourth-order valence-electron chi connectivity index (χ4n) is 3.98. The zero-order valence-corrected chi connectivity index (χ0v) is 15.1. The molecule has 0 radical (unpaired) electrons. The highest BCUT2D eigenvalue weighted by molar-refractivity contribution is 6.30. The van der Waals surface area contributed by atoms with Crippen molar-refractivity contribution in [1.82, 2.24) is 9.80 Å². The molecule has 4 heteroatoms. The normalized spacial score (nSPS) is 20.5. The molecule has 2 aromatic carbocycles. The van der Waals surface area contributed by atoms with Gasteiger partial charge >= 0.3 is 0 Å². The number of carbonyl (C=O) groups is 1. The third kappa shape index (κ3) is 3.73. The number of amides is 1. The zero-order valence-electron chi connectivity index (χ0n) is 14.3. The summed E-state index contributed by atoms with van der Waals surface area (Å²) >= 11 is 5.92. The van der Waals surface area contributed by atoms with Gasteiger partial charge < -0.3 is 4.90 Å². The van der Waals surface area contributed by atoms with Crippen LogP contribution in [0, 0.1) is 0 Å². The summed E-state index contributed by atoms with van der Waals surface area (Å²) in [6.45, 7) is 3.84. The fraction of sp³-hybridized carbons (Fsp3) is 0.381. The minimum atomic E-state index is 0.224. The van der Waals surface area contributed by atoms with Crippen molar-refractivity contribution in [2.24, 2.45) is 0 Å². The van der Waals surface area contributed by atoms with Gasteiger partial charge in [0, 0.05) is 37.2 Å². The van der Waals surface area contributed by atoms with Crippen LogP contribution >= 0.6 is 11.6 Å². The van der Waals surface area contributed by atoms with Gasteiger partial charge in [-0.2, -0.15) is 0 Å². The maximum atomic E-state index is 12.6. The van der Waals surface area contributed by atoms with Crippen LogP contribution in [0.2, 0.25) is 5.02 Å². The molecule has 3 nitrogen and oxygen atoms in total. The monoisotopic (exact) mass is 354 g/mol. The second kappa shape index (κ2) is 7.19. The SMILES string of the molecule is O=C(Cc1ccc(Cl)cc1)N1CCC(N2CCc3ccccc3C2)C1. The molecule has 2 aromatic rings. The van der Waals surface area contributed by atoms with Crippen molar-refractivity contribution in [2.45, 2.75) is 31.8 Å². The number of hydrogen-bond acceptors (Lipinski definition) is 2. The third-order valence-electron chi connectivity index (χ3n) is 5.46. The quantitative estimate of drug-likeness (QED) is 0.841. The van der Waals surface area contributed by atoms with Gasteiger partial charge in [0.25, 0.3) is 0 Å². The molecule has 0 aromatic heterocycles. The molecule has 2 aliphatic heterocycles. The minimum Gasteiger partial charge on any atom is -0.341 e. The number of rotatable bonds is 3. The lowest BCUT2D eigenvalue weighted by molar-refractivity contribution is -0.129. The van der Waals surface area contributed by atoms with E-state index in [-0.39, 0.29) is 5.91 Å². The lowest BCUT2D eigenvalue weighted by Crippen LogP contribution is -2.41. The lowest BCUT2D eigenvalue weighted by Gasteiger charge is -2.33. The fourth-order valence-corrected chi connectivity index (χ4v) is 4.11. The first-order valence-corrected chi connectivity index (χ1v) is 9.40. The summed E-state index contributed by atoms with van der Waals surface area (Å²) in [5.41, 5.74) is 3.96. The van der Waals surface area contributed by atoms with Gasteiger partial charge in [0.15, 0.2) is 0 Å². The molecular formula is C21H23ClN2O. The number of carbonyl (C=O) groups excluding carboxylic acids is 1. The Balaban J connectivity index is 1.35. The first-order valence-electron chi connectivity index (χ1n) is 9.02. The minimum absolute atomic E-state index is 0.224. The van der Waals surface area contributed by atoms with Crippen LogP contribution in [0.5, 0.6) is 0 Å². The molecule has 1 fully saturated rings. The second-order valence-corrected chi connectivity index (χ2v) is 7.51. The molecule has 0 N–H and O–H groups in total. The molecule has 2 heterocycles. The Labute approximate surface area is 154 Å². The van der Waals surface area contributed by atoms with Crippen LogP contribution < -0.4 is 0 Å². The van der Waals surface area contributed by atoms with E-state index in [0.717, 1.165) is 44.6 Å². The summed E-state index contributed by atoms with van der Waals surface area (Å²) in [7, 11) is 0. The highest BCUT2D eigenvalue weighted by atomic mass is 35.5. The second-order valence-electron chi connectivity index (χ2n) is 7.07. The van der Waals surface area contributed by atoms with Crippen molar-refractivity contribution >= 4 is 17.5 Å². The van der Waals surface area contributed by atoms with Crippen molar-refractivity contribution in [1.29, 1.82) is 0 Å². The van der Waals surface area contributed by atoms with Crippen LogP contribution in [0.1, 0.15) is 23.1 Å². The van der Waals surface area contributed by atoms with E-state index in [1.807, 2.05) is 29.2 Å². The van der Waals surface area contributed by atoms with Gasteiger partial charge in [-0.05, 0) is 41.7 Å². The van der Waals surface area contributed by atoms with Crippen LogP contribution in [0.15, 0.2) is 48.5 Å². The molecule has 130 valence electrons. The number of halogens is 1. The standard InChI is InChI=1S/C21H23ClN2O/c22-19-7-5-16(6-8-19)13-21(25)24-12-10-20(15-24)23-11-9-17-3-1-2-4-18(17)14-23/h1-8,20H,9-15H2. The Hall–Kier alpha value is -1.84. The third-order valence-corrected chi connectivity index (χ3v) is 5.71. The van der Waals surface area contributed by atoms with Crippen LogP contribution in [-0.2, 0) is 24.2 Å². The molecule has 2 aliphatic rings. The number of benzene rings is 2. The van der Waals surface area contributed by atoms with E-state index in [1.54, 1.807) is 0 Å². The molecule has 25 heavy (non-hydrogen) atoms. The van der Waals surface area contributed by atoms with Gasteiger partial charge in [-0.25, -0.2) is 0 Å². The Kier molecular flexibility index (Phi) is 4.78. The first-order chi connectivity index (χ1) is 12.2. The molecule has 1 unspecified atom stereocenters. The molecular weight excluding hydrogens is 332 g/mol. The van der Waals surface area contributed by atoms with E-state index in [0.29, 0.717) is 17.5 Å². The molecule has 1 atom stereocenters. The smallest absolute Gasteiger partial charge is 0.227 e. The average Bonchev–Trinajstić information content (AvgIpc) is 3.13. The van der Waals surface area contributed by atoms with E-state index in [4.69, 9.17) is 11.6 Å². The van der Waals surface area contributed by atoms with Gasteiger partial charge in [0.1, 0.15) is 0 Å². The molecule has 0 saturated carbocycles. The summed E-state index contributed by atoms with van der Waals surface area (Å²) in [6, 6.07) is 16.8. The Morgan fingerprint density at radius 2 is 1.80 bits per heavy atom. The number of likely N-dealkylation sites (tertiary alicyclic amines) is 1. The van der Waals surface area contributed by atoms with Gasteiger partial charge in [-0.1, -0.05) is 48.0 Å². The highest BCUT2D eigenvalue weighted by Crippen LogP contribution is 2.25. The molecule has 0 spiro atoms. The van der Waals surface area contributed by atoms with Gasteiger partial charge in [0.05, 0.1) is 6.42 Å². The Bertz CT molecular complexity index is 759. The van der Waals surface area contributed by atoms with E-state index < -0.39 is 0 Å². The Morgan fingerprint density at radius 3 is 2.60 bits per heavy atom. The average molecular weight is 355 g/mol. The molecule has 4 rings (SSSR count). The van der Waals surface area contributed by atoms with E-state index in [9.17, 15) is 4.79 Å². The lowest BCUT2D eigenvalue weighted by atomic mass is 9.98. The maximum absolute atomic E-state index is 12.6. The summed E-state index contributed by atoms with van der Waals surface area (Å²) < 4.78 is 0. The van der Waals surface area contributed by atoms with Crippen LogP contribution in [0.4, 0.5) is 0 Å². The van der Waals surface area contributed by atoms with Crippen LogP contribution in [-0.4, -0.2) is 41.4 Å². The molecule has 0 bridgehead atoms. The van der Waals surface area contributed by atoms with Gasteiger partial charge in [0.2, 0.25) is 5.91 Å². The Morgan fingerprint density at radius 1 is 1.04 bits per heavy atom. The number of fused-ring (bicyclic) bond motifs is 1. The number of nitrogens with zero attached hydrogens (tertiary/aromatic N) is 2. The summed E-state index contributed by atoms with van der Waals surface area (Å²) in [4.78, 5) is 17.2. The molecule has 1 amide bonds. The van der Waals surface area contributed by atoms with Crippen molar-refractivity contribution in [2.75, 3.05) is 19.6 Å². The van der Waals surface area contributed by atoms with Crippen LogP contribution in [0.25, 0.3) is 0 Å². The predicted octanol–water partition coefficient (Wildman–Crippen LogP) is 3.54. The summed E-state index contributed by atoms with van der Waals surface area (Å²) in [5.74, 6) is 0.224. The van der Waals surface area contributed by atoms with Gasteiger partial charge in [-0.15, -0.1) is 0 Å². The van der Waals surface area contributed by atoms with Crippen molar-refractivity contribution in [3.8, 4) is 0 Å². The molecule has 0 aliphatic carbocycles. The van der Waals surface area contributed by atoms with Gasteiger partial charge in [-0.3, -0.25) is 9.69 Å². The maximum Gasteiger partial charge on any atom is 0.227 e. The summed E-state index contributed by atoms with van der Waals surface area (Å²) in [5, 5.41) is 0.711. The highest BCUT2D eigenvalue weighted by Gasteiger charge is 2.31. The van der Waals surface area contributed by atoms with E-state index >= 15 is 0 Å². The van der Waals surface area contributed by atoms with E-state index in [2.05, 4.69) is 29.2 Å². The van der Waals surface area contributed by atoms with Crippen molar-refractivity contribution in [3.63, 3.8) is 0 Å². The topological polar surface area (TPSA) is 23.6 Å². The summed E-state index contributed by atoms with van der Waals surface area (Å²) in [6.07, 6.45) is 2.66. The largest absolute Gasteiger partial charge is 0.341 e.